The van der Waals surface area contributed by atoms with E-state index in [0.29, 0.717) is 6.42 Å². The van der Waals surface area contributed by atoms with E-state index in [1.165, 1.54) is 16.8 Å². The second-order valence-electron chi connectivity index (χ2n) is 6.40. The fraction of sp³-hybridized carbons (Fsp3) is 0.500. The van der Waals surface area contributed by atoms with Crippen molar-refractivity contribution in [1.29, 1.82) is 0 Å². The summed E-state index contributed by atoms with van der Waals surface area (Å²) in [6, 6.07) is 10.4. The van der Waals surface area contributed by atoms with E-state index in [1.807, 2.05) is 29.9 Å². The molecule has 1 aromatic carbocycles. The second-order valence-corrected chi connectivity index (χ2v) is 6.40. The third-order valence-corrected chi connectivity index (χ3v) is 4.63. The Labute approximate surface area is 150 Å². The fourth-order valence-corrected chi connectivity index (χ4v) is 3.31. The first-order valence-electron chi connectivity index (χ1n) is 9.07. The molecule has 0 saturated heterocycles. The molecule has 25 heavy (non-hydrogen) atoms. The summed E-state index contributed by atoms with van der Waals surface area (Å²) in [5.74, 6) is -0.746. The lowest BCUT2D eigenvalue weighted by Gasteiger charge is -2.19. The summed E-state index contributed by atoms with van der Waals surface area (Å²) in [6.45, 7) is 5.00. The molecule has 5 nitrogen and oxygen atoms in total. The van der Waals surface area contributed by atoms with Gasteiger partial charge in [-0.1, -0.05) is 44.2 Å². The monoisotopic (exact) mass is 343 g/mol. The first-order chi connectivity index (χ1) is 12.0. The molecule has 0 saturated carbocycles. The van der Waals surface area contributed by atoms with Crippen molar-refractivity contribution in [2.75, 3.05) is 0 Å². The molecule has 1 atom stereocenters. The Morgan fingerprint density at radius 3 is 2.56 bits per heavy atom. The van der Waals surface area contributed by atoms with Gasteiger partial charge >= 0.3 is 5.97 Å². The largest absolute Gasteiger partial charge is 0.481 e. The van der Waals surface area contributed by atoms with Crippen LogP contribution < -0.4 is 5.32 Å². The van der Waals surface area contributed by atoms with E-state index in [-0.39, 0.29) is 12.5 Å². The lowest BCUT2D eigenvalue weighted by Crippen LogP contribution is -2.32. The molecule has 0 aliphatic carbocycles. The van der Waals surface area contributed by atoms with E-state index in [9.17, 15) is 4.79 Å². The van der Waals surface area contributed by atoms with Crippen LogP contribution in [0.15, 0.2) is 30.3 Å². The number of hydrogen-bond donors (Lipinski definition) is 2. The van der Waals surface area contributed by atoms with E-state index in [0.717, 1.165) is 31.5 Å². The number of nitrogens with one attached hydrogen (secondary N) is 1. The zero-order valence-corrected chi connectivity index (χ0v) is 15.5. The van der Waals surface area contributed by atoms with Crippen molar-refractivity contribution in [3.63, 3.8) is 0 Å². The predicted molar refractivity (Wildman–Crippen MR) is 99.6 cm³/mol. The molecular formula is C20H29N3O2. The van der Waals surface area contributed by atoms with Gasteiger partial charge in [-0.3, -0.25) is 9.48 Å². The smallest absolute Gasteiger partial charge is 0.303 e. The van der Waals surface area contributed by atoms with Crippen molar-refractivity contribution in [1.82, 2.24) is 15.1 Å². The highest BCUT2D eigenvalue weighted by atomic mass is 16.4. The molecule has 1 aromatic heterocycles. The number of hydrogen-bond acceptors (Lipinski definition) is 3. The molecule has 2 rings (SSSR count). The van der Waals surface area contributed by atoms with Gasteiger partial charge in [-0.15, -0.1) is 0 Å². The van der Waals surface area contributed by atoms with Crippen LogP contribution in [0.5, 0.6) is 0 Å². The summed E-state index contributed by atoms with van der Waals surface area (Å²) in [7, 11) is 1.99. The minimum absolute atomic E-state index is 0.133. The van der Waals surface area contributed by atoms with Gasteiger partial charge in [0, 0.05) is 37.3 Å². The standard InChI is InChI=1S/C20H29N3O2/c1-4-18-17(19(5-2)23(3)22-18)14-21-16(11-12-20(24)25)13-15-9-7-6-8-10-15/h6-10,16,21H,4-5,11-14H2,1-3H3,(H,24,25). The molecular weight excluding hydrogens is 314 g/mol. The van der Waals surface area contributed by atoms with Gasteiger partial charge in [0.25, 0.3) is 0 Å². The van der Waals surface area contributed by atoms with Gasteiger partial charge in [-0.05, 0) is 31.2 Å². The van der Waals surface area contributed by atoms with Gasteiger partial charge in [-0.2, -0.15) is 5.10 Å². The zero-order valence-electron chi connectivity index (χ0n) is 15.5. The van der Waals surface area contributed by atoms with Crippen LogP contribution in [0.3, 0.4) is 0 Å². The summed E-state index contributed by atoms with van der Waals surface area (Å²) < 4.78 is 1.97. The molecule has 0 radical (unpaired) electrons. The molecule has 136 valence electrons. The highest BCUT2D eigenvalue weighted by Crippen LogP contribution is 2.16. The lowest BCUT2D eigenvalue weighted by molar-refractivity contribution is -0.137. The Hall–Kier alpha value is -2.14. The molecule has 0 spiro atoms. The number of nitrogens with zero attached hydrogens (tertiary/aromatic N) is 2. The highest BCUT2D eigenvalue weighted by molar-refractivity contribution is 5.66. The quantitative estimate of drug-likeness (QED) is 0.695. The number of rotatable bonds is 10. The van der Waals surface area contributed by atoms with Gasteiger partial charge in [0.15, 0.2) is 0 Å². The minimum atomic E-state index is -0.746. The van der Waals surface area contributed by atoms with Gasteiger partial charge in [0.2, 0.25) is 0 Å². The molecule has 0 fully saturated rings. The number of aromatic nitrogens is 2. The summed E-state index contributed by atoms with van der Waals surface area (Å²) >= 11 is 0. The molecule has 2 N–H and O–H groups in total. The second kappa shape index (κ2) is 9.37. The van der Waals surface area contributed by atoms with Crippen LogP contribution in [0.1, 0.15) is 49.2 Å². The van der Waals surface area contributed by atoms with E-state index in [1.54, 1.807) is 0 Å². The number of carboxylic acid groups (broad SMARTS) is 1. The Balaban J connectivity index is 2.09. The van der Waals surface area contributed by atoms with E-state index in [2.05, 4.69) is 36.4 Å². The average Bonchev–Trinajstić information content (AvgIpc) is 2.92. The molecule has 0 aliphatic rings. The highest BCUT2D eigenvalue weighted by Gasteiger charge is 2.16. The third kappa shape index (κ3) is 5.43. The van der Waals surface area contributed by atoms with Gasteiger partial charge in [0.05, 0.1) is 5.69 Å². The predicted octanol–water partition coefficient (Wildman–Crippen LogP) is 3.11. The molecule has 0 bridgehead atoms. The molecule has 1 heterocycles. The van der Waals surface area contributed by atoms with Crippen molar-refractivity contribution >= 4 is 5.97 Å². The summed E-state index contributed by atoms with van der Waals surface area (Å²) in [6.07, 6.45) is 3.48. The fourth-order valence-electron chi connectivity index (χ4n) is 3.31. The number of carbonyl (C=O) groups is 1. The van der Waals surface area contributed by atoms with Crippen molar-refractivity contribution in [3.05, 3.63) is 52.8 Å². The van der Waals surface area contributed by atoms with Crippen LogP contribution in [0.25, 0.3) is 0 Å². The number of benzene rings is 1. The third-order valence-electron chi connectivity index (χ3n) is 4.63. The normalized spacial score (nSPS) is 12.3. The first kappa shape index (κ1) is 19.2. The van der Waals surface area contributed by atoms with Crippen LogP contribution >= 0.6 is 0 Å². The molecule has 0 amide bonds. The van der Waals surface area contributed by atoms with Crippen LogP contribution in [0.2, 0.25) is 0 Å². The van der Waals surface area contributed by atoms with E-state index < -0.39 is 5.97 Å². The van der Waals surface area contributed by atoms with Crippen LogP contribution in [-0.4, -0.2) is 26.9 Å². The first-order valence-corrected chi connectivity index (χ1v) is 9.07. The maximum absolute atomic E-state index is 11.0. The number of aliphatic carboxylic acids is 1. The van der Waals surface area contributed by atoms with Crippen molar-refractivity contribution in [2.45, 2.75) is 58.5 Å². The van der Waals surface area contributed by atoms with Crippen LogP contribution in [0.4, 0.5) is 0 Å². The molecule has 1 unspecified atom stereocenters. The van der Waals surface area contributed by atoms with Gasteiger partial charge < -0.3 is 10.4 Å². The maximum Gasteiger partial charge on any atom is 0.303 e. The summed E-state index contributed by atoms with van der Waals surface area (Å²) in [5, 5.41) is 17.2. The average molecular weight is 343 g/mol. The Morgan fingerprint density at radius 2 is 1.96 bits per heavy atom. The van der Waals surface area contributed by atoms with Crippen LogP contribution in [0, 0.1) is 0 Å². The van der Waals surface area contributed by atoms with E-state index in [4.69, 9.17) is 5.11 Å². The van der Waals surface area contributed by atoms with Crippen LogP contribution in [-0.2, 0) is 37.6 Å². The number of aryl methyl sites for hydroxylation is 2. The molecule has 0 aliphatic heterocycles. The number of carboxylic acids is 1. The molecule has 5 heteroatoms. The Morgan fingerprint density at radius 1 is 1.24 bits per heavy atom. The van der Waals surface area contributed by atoms with Crippen molar-refractivity contribution < 1.29 is 9.90 Å². The van der Waals surface area contributed by atoms with Gasteiger partial charge in [-0.25, -0.2) is 0 Å². The van der Waals surface area contributed by atoms with Crippen molar-refractivity contribution in [3.8, 4) is 0 Å². The zero-order chi connectivity index (χ0) is 18.2. The van der Waals surface area contributed by atoms with E-state index >= 15 is 0 Å². The Bertz CT molecular complexity index is 680. The summed E-state index contributed by atoms with van der Waals surface area (Å²) in [4.78, 5) is 11.0. The topological polar surface area (TPSA) is 67.2 Å². The maximum atomic E-state index is 11.0. The van der Waals surface area contributed by atoms with Crippen molar-refractivity contribution in [2.24, 2.45) is 7.05 Å². The van der Waals surface area contributed by atoms with Gasteiger partial charge in [0.1, 0.15) is 0 Å². The Kier molecular flexibility index (Phi) is 7.19. The summed E-state index contributed by atoms with van der Waals surface area (Å²) in [5.41, 5.74) is 4.87. The molecule has 2 aromatic rings. The SMILES string of the molecule is CCc1nn(C)c(CC)c1CNC(CCC(=O)O)Cc1ccccc1. The minimum Gasteiger partial charge on any atom is -0.481 e. The lowest BCUT2D eigenvalue weighted by atomic mass is 10.0.